The van der Waals surface area contributed by atoms with E-state index in [9.17, 15) is 18.8 Å². The molecule has 0 radical (unpaired) electrons. The van der Waals surface area contributed by atoms with E-state index < -0.39 is 29.6 Å². The van der Waals surface area contributed by atoms with Gasteiger partial charge in [-0.1, -0.05) is 26.0 Å². The summed E-state index contributed by atoms with van der Waals surface area (Å²) in [5.74, 6) is -2.08. The number of hydrogen-bond acceptors (Lipinski definition) is 4. The van der Waals surface area contributed by atoms with Crippen LogP contribution < -0.4 is 16.2 Å². The monoisotopic (exact) mass is 361 g/mol. The molecule has 1 aromatic heterocycles. The lowest BCUT2D eigenvalue weighted by Crippen LogP contribution is -2.54. The number of nitrogens with one attached hydrogen (secondary N) is 3. The predicted molar refractivity (Wildman–Crippen MR) is 91.2 cm³/mol. The highest BCUT2D eigenvalue weighted by Gasteiger charge is 2.25. The van der Waals surface area contributed by atoms with Crippen LogP contribution in [0.25, 0.3) is 0 Å². The third-order valence-corrected chi connectivity index (χ3v) is 3.58. The first-order valence-corrected chi connectivity index (χ1v) is 8.04. The lowest BCUT2D eigenvalue weighted by molar-refractivity contribution is -0.130. The van der Waals surface area contributed by atoms with Crippen molar-refractivity contribution in [1.82, 2.24) is 16.2 Å². The van der Waals surface area contributed by atoms with E-state index in [2.05, 4.69) is 16.2 Å². The lowest BCUT2D eigenvalue weighted by atomic mass is 10.0. The van der Waals surface area contributed by atoms with Gasteiger partial charge in [-0.05, 0) is 35.7 Å². The van der Waals surface area contributed by atoms with E-state index >= 15 is 0 Å². The Morgan fingerprint density at radius 3 is 2.35 bits per heavy atom. The van der Waals surface area contributed by atoms with Gasteiger partial charge in [0.15, 0.2) is 5.76 Å². The molecule has 2 rings (SSSR count). The summed E-state index contributed by atoms with van der Waals surface area (Å²) in [4.78, 5) is 36.2. The first-order valence-electron chi connectivity index (χ1n) is 8.04. The van der Waals surface area contributed by atoms with Gasteiger partial charge in [0.05, 0.1) is 12.7 Å². The highest BCUT2D eigenvalue weighted by molar-refractivity contribution is 5.96. The van der Waals surface area contributed by atoms with E-state index in [0.717, 1.165) is 0 Å². The fraction of sp³-hybridized carbons (Fsp3) is 0.278. The SMILES string of the molecule is CC(C)[C@H](NC(=O)c1ccco1)C(=O)NNC(=O)Cc1ccc(F)cc1. The van der Waals surface area contributed by atoms with Crippen molar-refractivity contribution in [2.45, 2.75) is 26.3 Å². The average molecular weight is 361 g/mol. The van der Waals surface area contributed by atoms with Crippen LogP contribution in [-0.4, -0.2) is 23.8 Å². The quantitative estimate of drug-likeness (QED) is 0.680. The summed E-state index contributed by atoms with van der Waals surface area (Å²) in [5.41, 5.74) is 5.17. The minimum Gasteiger partial charge on any atom is -0.459 e. The van der Waals surface area contributed by atoms with Crippen molar-refractivity contribution >= 4 is 17.7 Å². The van der Waals surface area contributed by atoms with Crippen LogP contribution >= 0.6 is 0 Å². The summed E-state index contributed by atoms with van der Waals surface area (Å²) in [5, 5.41) is 2.56. The number of benzene rings is 1. The third-order valence-electron chi connectivity index (χ3n) is 3.58. The Balaban J connectivity index is 1.87. The summed E-state index contributed by atoms with van der Waals surface area (Å²) >= 11 is 0. The van der Waals surface area contributed by atoms with E-state index in [-0.39, 0.29) is 18.1 Å². The Labute approximate surface area is 149 Å². The molecule has 0 spiro atoms. The molecule has 0 saturated heterocycles. The van der Waals surface area contributed by atoms with Crippen molar-refractivity contribution < 1.29 is 23.2 Å². The zero-order valence-electron chi connectivity index (χ0n) is 14.4. The van der Waals surface area contributed by atoms with Gasteiger partial charge in [-0.2, -0.15) is 0 Å². The van der Waals surface area contributed by atoms with Crippen LogP contribution in [0.15, 0.2) is 47.1 Å². The summed E-state index contributed by atoms with van der Waals surface area (Å²) in [6.07, 6.45) is 1.33. The molecule has 2 aromatic rings. The standard InChI is InChI=1S/C18H20FN3O4/c1-11(2)16(20-17(24)14-4-3-9-26-14)18(25)22-21-15(23)10-12-5-7-13(19)8-6-12/h3-9,11,16H,10H2,1-2H3,(H,20,24)(H,21,23)(H,22,25)/t16-/m0/s1. The normalized spacial score (nSPS) is 11.7. The third kappa shape index (κ3) is 5.44. The number of furan rings is 1. The minimum absolute atomic E-state index is 0.0222. The number of rotatable bonds is 6. The number of amides is 3. The number of carbonyl (C=O) groups is 3. The summed E-state index contributed by atoms with van der Waals surface area (Å²) in [6.45, 7) is 3.51. The van der Waals surface area contributed by atoms with Crippen molar-refractivity contribution in [2.24, 2.45) is 5.92 Å². The van der Waals surface area contributed by atoms with E-state index in [1.807, 2.05) is 0 Å². The molecule has 26 heavy (non-hydrogen) atoms. The average Bonchev–Trinajstić information content (AvgIpc) is 3.14. The minimum atomic E-state index is -0.862. The van der Waals surface area contributed by atoms with Crippen LogP contribution in [0.1, 0.15) is 30.0 Å². The van der Waals surface area contributed by atoms with Crippen LogP contribution in [0, 0.1) is 11.7 Å². The summed E-state index contributed by atoms with van der Waals surface area (Å²) in [7, 11) is 0. The molecule has 0 aliphatic heterocycles. The van der Waals surface area contributed by atoms with Crippen LogP contribution in [0.2, 0.25) is 0 Å². The smallest absolute Gasteiger partial charge is 0.287 e. The zero-order valence-corrected chi connectivity index (χ0v) is 14.4. The fourth-order valence-electron chi connectivity index (χ4n) is 2.20. The molecule has 0 unspecified atom stereocenters. The number of hydrazine groups is 1. The molecule has 3 N–H and O–H groups in total. The van der Waals surface area contributed by atoms with Gasteiger partial charge in [0.1, 0.15) is 11.9 Å². The maximum absolute atomic E-state index is 12.8. The second-order valence-corrected chi connectivity index (χ2v) is 6.01. The van der Waals surface area contributed by atoms with Crippen LogP contribution in [0.5, 0.6) is 0 Å². The Hall–Kier alpha value is -3.16. The van der Waals surface area contributed by atoms with Crippen molar-refractivity contribution in [2.75, 3.05) is 0 Å². The van der Waals surface area contributed by atoms with Gasteiger partial charge >= 0.3 is 0 Å². The number of carbonyl (C=O) groups excluding carboxylic acids is 3. The molecular formula is C18H20FN3O4. The number of hydrogen-bond donors (Lipinski definition) is 3. The molecule has 8 heteroatoms. The molecule has 0 saturated carbocycles. The maximum Gasteiger partial charge on any atom is 0.287 e. The van der Waals surface area contributed by atoms with Gasteiger partial charge in [-0.3, -0.25) is 25.2 Å². The van der Waals surface area contributed by atoms with Gasteiger partial charge in [0.25, 0.3) is 11.8 Å². The lowest BCUT2D eigenvalue weighted by Gasteiger charge is -2.21. The van der Waals surface area contributed by atoms with E-state index in [1.165, 1.54) is 36.6 Å². The molecule has 1 aromatic carbocycles. The largest absolute Gasteiger partial charge is 0.459 e. The molecule has 138 valence electrons. The second kappa shape index (κ2) is 8.80. The summed E-state index contributed by atoms with van der Waals surface area (Å²) < 4.78 is 17.8. The topological polar surface area (TPSA) is 100 Å². The molecule has 1 atom stereocenters. The van der Waals surface area contributed by atoms with Gasteiger partial charge in [-0.25, -0.2) is 4.39 Å². The van der Waals surface area contributed by atoms with Gasteiger partial charge < -0.3 is 9.73 Å². The van der Waals surface area contributed by atoms with Crippen molar-refractivity contribution in [3.8, 4) is 0 Å². The second-order valence-electron chi connectivity index (χ2n) is 6.01. The number of halogens is 1. The van der Waals surface area contributed by atoms with Crippen LogP contribution in [-0.2, 0) is 16.0 Å². The van der Waals surface area contributed by atoms with E-state index in [4.69, 9.17) is 4.42 Å². The molecule has 3 amide bonds. The summed E-state index contributed by atoms with van der Waals surface area (Å²) in [6, 6.07) is 7.65. The molecule has 0 fully saturated rings. The first kappa shape index (κ1) is 19.2. The van der Waals surface area contributed by atoms with Crippen molar-refractivity contribution in [3.05, 3.63) is 59.8 Å². The van der Waals surface area contributed by atoms with Crippen molar-refractivity contribution in [1.29, 1.82) is 0 Å². The Kier molecular flexibility index (Phi) is 6.48. The Morgan fingerprint density at radius 2 is 1.77 bits per heavy atom. The molecule has 0 aliphatic rings. The highest BCUT2D eigenvalue weighted by atomic mass is 19.1. The molecule has 1 heterocycles. The Bertz CT molecular complexity index is 757. The highest BCUT2D eigenvalue weighted by Crippen LogP contribution is 2.06. The van der Waals surface area contributed by atoms with Gasteiger partial charge in [-0.15, -0.1) is 0 Å². The maximum atomic E-state index is 12.8. The Morgan fingerprint density at radius 1 is 1.08 bits per heavy atom. The first-order chi connectivity index (χ1) is 12.4. The fourth-order valence-corrected chi connectivity index (χ4v) is 2.20. The molecule has 0 aliphatic carbocycles. The van der Waals surface area contributed by atoms with Crippen molar-refractivity contribution in [3.63, 3.8) is 0 Å². The molecule has 7 nitrogen and oxygen atoms in total. The van der Waals surface area contributed by atoms with Gasteiger partial charge in [0.2, 0.25) is 5.91 Å². The van der Waals surface area contributed by atoms with Crippen LogP contribution in [0.4, 0.5) is 4.39 Å². The van der Waals surface area contributed by atoms with Crippen LogP contribution in [0.3, 0.4) is 0 Å². The van der Waals surface area contributed by atoms with E-state index in [1.54, 1.807) is 19.9 Å². The zero-order chi connectivity index (χ0) is 19.1. The van der Waals surface area contributed by atoms with E-state index in [0.29, 0.717) is 5.56 Å². The van der Waals surface area contributed by atoms with Gasteiger partial charge in [0, 0.05) is 0 Å². The molecule has 0 bridgehead atoms. The molecular weight excluding hydrogens is 341 g/mol. The predicted octanol–water partition coefficient (Wildman–Crippen LogP) is 1.56.